The zero-order chi connectivity index (χ0) is 12.8. The van der Waals surface area contributed by atoms with Crippen molar-refractivity contribution in [2.75, 3.05) is 0 Å². The first-order chi connectivity index (χ1) is 8.79. The van der Waals surface area contributed by atoms with Gasteiger partial charge < -0.3 is 9.16 Å². The Bertz CT molecular complexity index is 485. The molecule has 0 aliphatic heterocycles. The number of benzene rings is 2. The third-order valence-corrected chi connectivity index (χ3v) is 3.00. The Kier molecular flexibility index (Phi) is 4.56. The molecule has 0 saturated carbocycles. The van der Waals surface area contributed by atoms with Crippen LogP contribution in [0.15, 0.2) is 54.6 Å². The van der Waals surface area contributed by atoms with E-state index in [0.29, 0.717) is 0 Å². The van der Waals surface area contributed by atoms with E-state index in [-0.39, 0.29) is 6.29 Å². The summed E-state index contributed by atoms with van der Waals surface area (Å²) in [6.07, 6.45) is 0.532. The lowest BCUT2D eigenvalue weighted by atomic mass is 10.0. The monoisotopic (exact) mass is 255 g/mol. The summed E-state index contributed by atoms with van der Waals surface area (Å²) in [7, 11) is 2.99. The van der Waals surface area contributed by atoms with Gasteiger partial charge in [0.25, 0.3) is 10.5 Å². The molecule has 0 aliphatic carbocycles. The Morgan fingerprint density at radius 1 is 1.00 bits per heavy atom. The van der Waals surface area contributed by atoms with Crippen LogP contribution in [-0.2, 0) is 10.8 Å². The van der Waals surface area contributed by atoms with Crippen LogP contribution < -0.4 is 4.74 Å². The van der Waals surface area contributed by atoms with E-state index in [2.05, 4.69) is 28.7 Å². The Balaban J connectivity index is 2.17. The van der Waals surface area contributed by atoms with E-state index in [0.717, 1.165) is 17.7 Å². The molecular weight excluding hydrogens is 240 g/mol. The van der Waals surface area contributed by atoms with E-state index in [1.165, 1.54) is 5.56 Å². The van der Waals surface area contributed by atoms with Crippen molar-refractivity contribution in [2.45, 2.75) is 19.6 Å². The molecule has 3 radical (unpaired) electrons. The van der Waals surface area contributed by atoms with Gasteiger partial charge in [-0.25, -0.2) is 0 Å². The van der Waals surface area contributed by atoms with E-state index >= 15 is 0 Å². The molecule has 0 bridgehead atoms. The van der Waals surface area contributed by atoms with Gasteiger partial charge in [0.15, 0.2) is 6.29 Å². The van der Waals surface area contributed by atoms with Gasteiger partial charge >= 0.3 is 0 Å². The molecule has 2 aromatic carbocycles. The van der Waals surface area contributed by atoms with Gasteiger partial charge in [-0.2, -0.15) is 0 Å². The van der Waals surface area contributed by atoms with Crippen molar-refractivity contribution in [1.82, 2.24) is 0 Å². The number of hydrogen-bond acceptors (Lipinski definition) is 2. The number of rotatable bonds is 5. The van der Waals surface area contributed by atoms with Crippen molar-refractivity contribution >= 4 is 10.5 Å². The molecule has 0 aromatic heterocycles. The fraction of sp³-hybridized carbons (Fsp3) is 0.200. The Hall–Kier alpha value is -1.58. The van der Waals surface area contributed by atoms with Crippen LogP contribution in [0, 0.1) is 0 Å². The molecule has 0 N–H and O–H groups in total. The van der Waals surface area contributed by atoms with Crippen molar-refractivity contribution in [2.24, 2.45) is 0 Å². The van der Waals surface area contributed by atoms with Gasteiger partial charge in [0.05, 0.1) is 0 Å². The molecule has 0 spiro atoms. The molecule has 2 aromatic rings. The molecule has 0 amide bonds. The van der Waals surface area contributed by atoms with Gasteiger partial charge in [0.1, 0.15) is 5.75 Å². The van der Waals surface area contributed by atoms with Crippen molar-refractivity contribution < 1.29 is 9.16 Å². The second kappa shape index (κ2) is 6.38. The molecule has 1 unspecified atom stereocenters. The minimum atomic E-state index is -0.321. The fourth-order valence-corrected chi connectivity index (χ4v) is 1.83. The summed E-state index contributed by atoms with van der Waals surface area (Å²) >= 11 is 0. The lowest BCUT2D eigenvalue weighted by Gasteiger charge is -2.16. The summed E-state index contributed by atoms with van der Waals surface area (Å²) in [6.45, 7) is 1.84. The van der Waals surface area contributed by atoms with Crippen molar-refractivity contribution in [3.63, 3.8) is 0 Å². The molecule has 91 valence electrons. The van der Waals surface area contributed by atoms with Crippen molar-refractivity contribution in [3.05, 3.63) is 65.7 Å². The summed E-state index contributed by atoms with van der Waals surface area (Å²) in [6, 6.07) is 18.3. The highest BCUT2D eigenvalue weighted by Gasteiger charge is 2.07. The zero-order valence-corrected chi connectivity index (χ0v) is 11.3. The normalized spacial score (nSPS) is 12.1. The van der Waals surface area contributed by atoms with Gasteiger partial charge in [0, 0.05) is 6.42 Å². The summed E-state index contributed by atoms with van der Waals surface area (Å²) in [5.41, 5.74) is 2.42. The third kappa shape index (κ3) is 3.45. The molecule has 0 saturated heterocycles. The Morgan fingerprint density at radius 2 is 1.67 bits per heavy atom. The lowest BCUT2D eigenvalue weighted by molar-refractivity contribution is 0.0289. The highest BCUT2D eigenvalue weighted by molar-refractivity contribution is 5.98. The minimum Gasteiger partial charge on any atom is -0.466 e. The van der Waals surface area contributed by atoms with E-state index in [9.17, 15) is 0 Å². The number of ether oxygens (including phenoxy) is 1. The van der Waals surface area contributed by atoms with E-state index in [1.54, 1.807) is 0 Å². The predicted octanol–water partition coefficient (Wildman–Crippen LogP) is 3.10. The van der Waals surface area contributed by atoms with Crippen LogP contribution in [-0.4, -0.2) is 16.8 Å². The quantitative estimate of drug-likeness (QED) is 0.604. The molecule has 0 fully saturated rings. The van der Waals surface area contributed by atoms with E-state index in [4.69, 9.17) is 9.16 Å². The molecule has 3 heteroatoms. The zero-order valence-electron chi connectivity index (χ0n) is 10.3. The van der Waals surface area contributed by atoms with E-state index < -0.39 is 0 Å². The lowest BCUT2D eigenvalue weighted by Crippen LogP contribution is -2.15. The van der Waals surface area contributed by atoms with Gasteiger partial charge in [-0.15, -0.1) is 0 Å². The van der Waals surface area contributed by atoms with Gasteiger partial charge in [0.2, 0.25) is 0 Å². The van der Waals surface area contributed by atoms with E-state index in [1.807, 2.05) is 43.3 Å². The first-order valence-electron chi connectivity index (χ1n) is 5.90. The maximum absolute atomic E-state index is 5.70. The van der Waals surface area contributed by atoms with Crippen molar-refractivity contribution in [1.29, 1.82) is 0 Å². The van der Waals surface area contributed by atoms with Crippen LogP contribution in [0.5, 0.6) is 5.75 Å². The summed E-state index contributed by atoms with van der Waals surface area (Å²) in [5, 5.41) is 0. The summed E-state index contributed by atoms with van der Waals surface area (Å²) < 4.78 is 10.6. The first kappa shape index (κ1) is 12.9. The minimum absolute atomic E-state index is 0.321. The predicted molar refractivity (Wildman–Crippen MR) is 72.6 cm³/mol. The Labute approximate surface area is 111 Å². The van der Waals surface area contributed by atoms with Crippen LogP contribution in [0.3, 0.4) is 0 Å². The van der Waals surface area contributed by atoms with Crippen LogP contribution in [0.1, 0.15) is 18.1 Å². The second-order valence-corrected chi connectivity index (χ2v) is 4.31. The topological polar surface area (TPSA) is 18.5 Å². The standard InChI is InChI=1S/C15H15O2Si/c1-12(17-18)16-15-10-6-5-9-14(15)11-13-7-3-2-4-8-13/h2-10,12H,11H2,1H3. The molecule has 0 heterocycles. The molecule has 2 rings (SSSR count). The largest absolute Gasteiger partial charge is 0.466 e. The maximum Gasteiger partial charge on any atom is 0.251 e. The molecule has 1 atom stereocenters. The maximum atomic E-state index is 5.70. The van der Waals surface area contributed by atoms with Crippen LogP contribution in [0.2, 0.25) is 0 Å². The average Bonchev–Trinajstić information content (AvgIpc) is 2.42. The fourth-order valence-electron chi connectivity index (χ4n) is 1.78. The number of para-hydroxylation sites is 1. The van der Waals surface area contributed by atoms with Gasteiger partial charge in [-0.1, -0.05) is 48.5 Å². The average molecular weight is 255 g/mol. The Morgan fingerprint density at radius 3 is 2.39 bits per heavy atom. The molecule has 0 aliphatic rings. The number of hydrogen-bond donors (Lipinski definition) is 0. The van der Waals surface area contributed by atoms with Gasteiger partial charge in [-0.3, -0.25) is 0 Å². The van der Waals surface area contributed by atoms with Crippen LogP contribution >= 0.6 is 0 Å². The SMILES string of the molecule is CC(O[Si])Oc1ccccc1Cc1ccccc1. The molecular formula is C15H15O2Si. The smallest absolute Gasteiger partial charge is 0.251 e. The first-order valence-corrected chi connectivity index (χ1v) is 6.31. The molecule has 2 nitrogen and oxygen atoms in total. The second-order valence-electron chi connectivity index (χ2n) is 4.07. The highest BCUT2D eigenvalue weighted by Crippen LogP contribution is 2.22. The summed E-state index contributed by atoms with van der Waals surface area (Å²) in [4.78, 5) is 0. The van der Waals surface area contributed by atoms with Crippen molar-refractivity contribution in [3.8, 4) is 5.75 Å². The highest BCUT2D eigenvalue weighted by atomic mass is 28.2. The van der Waals surface area contributed by atoms with Gasteiger partial charge in [-0.05, 0) is 24.1 Å². The summed E-state index contributed by atoms with van der Waals surface area (Å²) in [5.74, 6) is 0.854. The molecule has 18 heavy (non-hydrogen) atoms. The van der Waals surface area contributed by atoms with Crippen LogP contribution in [0.4, 0.5) is 0 Å². The third-order valence-electron chi connectivity index (χ3n) is 2.67. The van der Waals surface area contributed by atoms with Crippen LogP contribution in [0.25, 0.3) is 0 Å².